The van der Waals surface area contributed by atoms with Crippen LogP contribution in [0.3, 0.4) is 0 Å². The van der Waals surface area contributed by atoms with Gasteiger partial charge in [-0.2, -0.15) is 0 Å². The van der Waals surface area contributed by atoms with Gasteiger partial charge in [0.25, 0.3) is 0 Å². The molecule has 0 aromatic rings. The molecule has 0 unspecified atom stereocenters. The van der Waals surface area contributed by atoms with E-state index >= 15 is 0 Å². The minimum atomic E-state index is 0. The molecule has 0 aromatic heterocycles. The van der Waals surface area contributed by atoms with E-state index < -0.39 is 0 Å². The van der Waals surface area contributed by atoms with Crippen LogP contribution in [0.25, 0.3) is 0 Å². The number of unbranched alkanes of at least 4 members (excludes halogenated alkanes) is 5. The fraction of sp³-hybridized carbons (Fsp3) is 0.929. The molecular formula is C14H33NO. The number of rotatable bonds is 8. The molecule has 0 aliphatic carbocycles. The van der Waals surface area contributed by atoms with Gasteiger partial charge in [0.15, 0.2) is 0 Å². The third kappa shape index (κ3) is 15.9. The lowest BCUT2D eigenvalue weighted by Gasteiger charge is -2.07. The third-order valence-corrected chi connectivity index (χ3v) is 2.21. The molecule has 0 atom stereocenters. The van der Waals surface area contributed by atoms with Crippen LogP contribution in [0.1, 0.15) is 81.0 Å². The van der Waals surface area contributed by atoms with Crippen molar-refractivity contribution < 1.29 is 6.22 Å². The van der Waals surface area contributed by atoms with Crippen LogP contribution < -0.4 is 5.32 Å². The molecule has 0 heterocycles. The first kappa shape index (κ1) is 17.9. The van der Waals surface area contributed by atoms with Crippen molar-refractivity contribution in [3.05, 3.63) is 0 Å². The van der Waals surface area contributed by atoms with Crippen molar-refractivity contribution in [2.75, 3.05) is 0 Å². The van der Waals surface area contributed by atoms with Crippen LogP contribution >= 0.6 is 0 Å². The Balaban J connectivity index is -0.000000616. The maximum Gasteiger partial charge on any atom is 0.220 e. The molecule has 0 bridgehead atoms. The molecule has 0 saturated heterocycles. The quantitative estimate of drug-likeness (QED) is 0.611. The first-order valence-corrected chi connectivity index (χ1v) is 6.96. The first-order valence-electron chi connectivity index (χ1n) is 6.96. The molecule has 1 N–H and O–H groups in total. The second-order valence-electron chi connectivity index (χ2n) is 4.24. The Morgan fingerprint density at radius 3 is 2.06 bits per heavy atom. The Labute approximate surface area is 104 Å². The van der Waals surface area contributed by atoms with Crippen molar-refractivity contribution in [1.29, 1.82) is 0 Å². The van der Waals surface area contributed by atoms with E-state index in [1.165, 1.54) is 32.1 Å². The lowest BCUT2D eigenvalue weighted by molar-refractivity contribution is -0.121. The lowest BCUT2D eigenvalue weighted by atomic mass is 10.1. The lowest BCUT2D eigenvalue weighted by Crippen LogP contribution is -2.29. The van der Waals surface area contributed by atoms with Gasteiger partial charge in [0.1, 0.15) is 0 Å². The average molecular weight is 231 g/mol. The summed E-state index contributed by atoms with van der Waals surface area (Å²) in [6.45, 7) is 10.2. The summed E-state index contributed by atoms with van der Waals surface area (Å²) in [5.74, 6) is 0.204. The zero-order valence-electron chi connectivity index (χ0n) is 11.9. The maximum atomic E-state index is 11.2. The zero-order chi connectivity index (χ0) is 12.8. The molecule has 0 radical (unpaired) electrons. The Bertz CT molecular complexity index is 149. The normalized spacial score (nSPS) is 9.62. The predicted octanol–water partition coefficient (Wildman–Crippen LogP) is 4.53. The molecule has 0 spiro atoms. The van der Waals surface area contributed by atoms with Crippen LogP contribution in [0.4, 0.5) is 0 Å². The van der Waals surface area contributed by atoms with Crippen molar-refractivity contribution in [3.8, 4) is 0 Å². The van der Waals surface area contributed by atoms with Crippen LogP contribution in [0.15, 0.2) is 0 Å². The van der Waals surface area contributed by atoms with Gasteiger partial charge >= 0.3 is 0 Å². The van der Waals surface area contributed by atoms with E-state index in [4.69, 9.17) is 0 Å². The Morgan fingerprint density at radius 1 is 1.06 bits per heavy atom. The van der Waals surface area contributed by atoms with E-state index in [1.54, 1.807) is 0 Å². The van der Waals surface area contributed by atoms with Gasteiger partial charge in [0, 0.05) is 13.9 Å². The van der Waals surface area contributed by atoms with Crippen LogP contribution in [-0.4, -0.2) is 11.9 Å². The Kier molecular flexibility index (Phi) is 16.1. The molecule has 0 aliphatic heterocycles. The number of hydrogen-bond acceptors (Lipinski definition) is 1. The Hall–Kier alpha value is -0.530. The summed E-state index contributed by atoms with van der Waals surface area (Å²) < 4.78 is 0. The van der Waals surface area contributed by atoms with E-state index in [0.717, 1.165) is 6.42 Å². The highest BCUT2D eigenvalue weighted by Crippen LogP contribution is 2.06. The van der Waals surface area contributed by atoms with Crippen molar-refractivity contribution in [1.82, 2.24) is 5.32 Å². The Morgan fingerprint density at radius 2 is 1.56 bits per heavy atom. The second-order valence-corrected chi connectivity index (χ2v) is 4.24. The highest BCUT2D eigenvalue weighted by atomic mass is 16.1. The van der Waals surface area contributed by atoms with Crippen molar-refractivity contribution in [2.45, 2.75) is 85.6 Å². The SMILES string of the molecule is CC.CCCCCCCCC(=O)NC(C)C.[HH]. The van der Waals surface area contributed by atoms with Crippen LogP contribution in [-0.2, 0) is 4.79 Å². The minimum absolute atomic E-state index is 0. The molecule has 0 aromatic carbocycles. The van der Waals surface area contributed by atoms with Crippen molar-refractivity contribution in [2.24, 2.45) is 0 Å². The molecule has 100 valence electrons. The molecule has 2 nitrogen and oxygen atoms in total. The molecular weight excluding hydrogens is 198 g/mol. The summed E-state index contributed by atoms with van der Waals surface area (Å²) in [6.07, 6.45) is 8.16. The summed E-state index contributed by atoms with van der Waals surface area (Å²) in [5.41, 5.74) is 0. The second kappa shape index (κ2) is 14.5. The van der Waals surface area contributed by atoms with Gasteiger partial charge < -0.3 is 5.32 Å². The van der Waals surface area contributed by atoms with Gasteiger partial charge in [-0.15, -0.1) is 0 Å². The van der Waals surface area contributed by atoms with E-state index in [0.29, 0.717) is 6.42 Å². The number of hydrogen-bond donors (Lipinski definition) is 1. The number of carbonyl (C=O) groups is 1. The van der Waals surface area contributed by atoms with E-state index in [9.17, 15) is 4.79 Å². The van der Waals surface area contributed by atoms with Crippen LogP contribution in [0, 0.1) is 0 Å². The third-order valence-electron chi connectivity index (χ3n) is 2.21. The van der Waals surface area contributed by atoms with Gasteiger partial charge in [-0.05, 0) is 20.3 Å². The summed E-state index contributed by atoms with van der Waals surface area (Å²) in [6, 6.07) is 0.280. The molecule has 16 heavy (non-hydrogen) atoms. The summed E-state index contributed by atoms with van der Waals surface area (Å²) >= 11 is 0. The van der Waals surface area contributed by atoms with Gasteiger partial charge in [-0.1, -0.05) is 52.9 Å². The van der Waals surface area contributed by atoms with Crippen LogP contribution in [0.2, 0.25) is 0 Å². The predicted molar refractivity (Wildman–Crippen MR) is 74.7 cm³/mol. The smallest absolute Gasteiger partial charge is 0.220 e. The highest BCUT2D eigenvalue weighted by Gasteiger charge is 2.01. The van der Waals surface area contributed by atoms with Gasteiger partial charge in [0.05, 0.1) is 0 Å². The number of nitrogens with one attached hydrogen (secondary N) is 1. The van der Waals surface area contributed by atoms with E-state index in [-0.39, 0.29) is 13.4 Å². The zero-order valence-corrected chi connectivity index (χ0v) is 11.9. The van der Waals surface area contributed by atoms with Gasteiger partial charge in [-0.25, -0.2) is 0 Å². The van der Waals surface area contributed by atoms with Gasteiger partial charge in [-0.3, -0.25) is 4.79 Å². The monoisotopic (exact) mass is 231 g/mol. The minimum Gasteiger partial charge on any atom is -0.354 e. The first-order chi connectivity index (χ1) is 7.66. The standard InChI is InChI=1S/C12H25NO.C2H6.H2/c1-4-5-6-7-8-9-10-12(14)13-11(2)3;1-2;/h11H,4-10H2,1-3H3,(H,13,14);1-2H3;1H. The highest BCUT2D eigenvalue weighted by molar-refractivity contribution is 5.76. The van der Waals surface area contributed by atoms with E-state index in [2.05, 4.69) is 12.2 Å². The van der Waals surface area contributed by atoms with Crippen molar-refractivity contribution in [3.63, 3.8) is 0 Å². The summed E-state index contributed by atoms with van der Waals surface area (Å²) in [7, 11) is 0. The van der Waals surface area contributed by atoms with E-state index in [1.807, 2.05) is 27.7 Å². The van der Waals surface area contributed by atoms with Crippen molar-refractivity contribution >= 4 is 5.91 Å². The molecule has 0 saturated carbocycles. The largest absolute Gasteiger partial charge is 0.354 e. The molecule has 0 rings (SSSR count). The molecule has 2 heteroatoms. The summed E-state index contributed by atoms with van der Waals surface area (Å²) in [4.78, 5) is 11.2. The average Bonchev–Trinajstić information content (AvgIpc) is 2.25. The topological polar surface area (TPSA) is 29.1 Å². The van der Waals surface area contributed by atoms with Crippen LogP contribution in [0.5, 0.6) is 0 Å². The molecule has 1 amide bonds. The summed E-state index contributed by atoms with van der Waals surface area (Å²) in [5, 5.41) is 2.91. The molecule has 0 fully saturated rings. The maximum absolute atomic E-state index is 11.2. The fourth-order valence-electron chi connectivity index (χ4n) is 1.46. The number of amides is 1. The van der Waals surface area contributed by atoms with Gasteiger partial charge in [0.2, 0.25) is 5.91 Å². The number of carbonyl (C=O) groups excluding carboxylic acids is 1. The fourth-order valence-corrected chi connectivity index (χ4v) is 1.46. The molecule has 0 aliphatic rings.